The number of hydrogen-bond donors (Lipinski definition) is 2. The molecular formula is C16H25NO2S. The van der Waals surface area contributed by atoms with Crippen molar-refractivity contribution in [2.24, 2.45) is 5.92 Å². The van der Waals surface area contributed by atoms with Crippen LogP contribution in [0.1, 0.15) is 59.1 Å². The van der Waals surface area contributed by atoms with Gasteiger partial charge in [0.25, 0.3) is 5.91 Å². The van der Waals surface area contributed by atoms with Crippen molar-refractivity contribution >= 4 is 17.2 Å². The molecule has 0 radical (unpaired) electrons. The first-order chi connectivity index (χ1) is 9.43. The third-order valence-corrected chi connectivity index (χ3v) is 5.44. The number of rotatable bonds is 4. The van der Waals surface area contributed by atoms with Gasteiger partial charge in [0.1, 0.15) is 0 Å². The molecule has 0 spiro atoms. The fourth-order valence-corrected chi connectivity index (χ4v) is 3.92. The first kappa shape index (κ1) is 15.5. The highest BCUT2D eigenvalue weighted by atomic mass is 32.1. The minimum atomic E-state index is -0.708. The second-order valence-corrected chi connectivity index (χ2v) is 7.55. The summed E-state index contributed by atoms with van der Waals surface area (Å²) in [7, 11) is 0. The Kier molecular flexibility index (Phi) is 4.86. The second kappa shape index (κ2) is 6.27. The average Bonchev–Trinajstić information content (AvgIpc) is 2.76. The number of carbonyl (C=O) groups is 1. The molecule has 0 unspecified atom stereocenters. The van der Waals surface area contributed by atoms with Gasteiger partial charge < -0.3 is 10.4 Å². The Morgan fingerprint density at radius 3 is 2.60 bits per heavy atom. The quantitative estimate of drug-likeness (QED) is 0.894. The van der Waals surface area contributed by atoms with Gasteiger partial charge in [-0.2, -0.15) is 0 Å². The molecule has 1 aromatic heterocycles. The van der Waals surface area contributed by atoms with E-state index in [4.69, 9.17) is 0 Å². The van der Waals surface area contributed by atoms with Crippen LogP contribution in [0.5, 0.6) is 0 Å². The molecule has 1 aliphatic carbocycles. The molecule has 0 atom stereocenters. The van der Waals surface area contributed by atoms with E-state index < -0.39 is 5.60 Å². The molecule has 112 valence electrons. The molecule has 1 saturated carbocycles. The van der Waals surface area contributed by atoms with Gasteiger partial charge in [0.05, 0.1) is 11.2 Å². The maximum atomic E-state index is 12.2. The Labute approximate surface area is 125 Å². The van der Waals surface area contributed by atoms with Gasteiger partial charge in [0, 0.05) is 16.3 Å². The van der Waals surface area contributed by atoms with Gasteiger partial charge in [-0.25, -0.2) is 0 Å². The van der Waals surface area contributed by atoms with E-state index in [-0.39, 0.29) is 5.91 Å². The topological polar surface area (TPSA) is 49.3 Å². The second-order valence-electron chi connectivity index (χ2n) is 6.09. The minimum Gasteiger partial charge on any atom is -0.388 e. The summed E-state index contributed by atoms with van der Waals surface area (Å²) in [5.41, 5.74) is 0.0404. The Balaban J connectivity index is 1.89. The van der Waals surface area contributed by atoms with Crippen molar-refractivity contribution in [1.82, 2.24) is 5.32 Å². The lowest BCUT2D eigenvalue weighted by Gasteiger charge is -2.35. The summed E-state index contributed by atoms with van der Waals surface area (Å²) >= 11 is 1.64. The highest BCUT2D eigenvalue weighted by molar-refractivity contribution is 7.12. The zero-order valence-corrected chi connectivity index (χ0v) is 13.5. The molecule has 20 heavy (non-hydrogen) atoms. The van der Waals surface area contributed by atoms with E-state index >= 15 is 0 Å². The molecule has 3 nitrogen and oxygen atoms in total. The maximum absolute atomic E-state index is 12.2. The fourth-order valence-electron chi connectivity index (χ4n) is 3.00. The third-order valence-electron chi connectivity index (χ3n) is 4.48. The Bertz CT molecular complexity index is 473. The number of aliphatic hydroxyl groups is 1. The van der Waals surface area contributed by atoms with E-state index in [9.17, 15) is 9.90 Å². The highest BCUT2D eigenvalue weighted by Crippen LogP contribution is 2.33. The summed E-state index contributed by atoms with van der Waals surface area (Å²) < 4.78 is 0. The normalized spacial score (nSPS) is 26.5. The maximum Gasteiger partial charge on any atom is 0.252 e. The summed E-state index contributed by atoms with van der Waals surface area (Å²) in [5.74, 6) is 0.686. The van der Waals surface area contributed by atoms with Gasteiger partial charge in [-0.1, -0.05) is 13.3 Å². The molecule has 0 bridgehead atoms. The monoisotopic (exact) mass is 295 g/mol. The van der Waals surface area contributed by atoms with Gasteiger partial charge in [0.15, 0.2) is 0 Å². The highest BCUT2D eigenvalue weighted by Gasteiger charge is 2.33. The van der Waals surface area contributed by atoms with E-state index in [0.29, 0.717) is 6.54 Å². The SMILES string of the molecule is CCC1CCC(O)(CNC(=O)c2cc(C)sc2C)CC1. The molecule has 1 amide bonds. The predicted molar refractivity (Wildman–Crippen MR) is 83.3 cm³/mol. The van der Waals surface area contributed by atoms with Gasteiger partial charge in [-0.05, 0) is 51.5 Å². The standard InChI is InChI=1S/C16H25NO2S/c1-4-13-5-7-16(19,8-6-13)10-17-15(18)14-9-11(2)20-12(14)3/h9,13,19H,4-8,10H2,1-3H3,(H,17,18). The first-order valence-electron chi connectivity index (χ1n) is 7.51. The Morgan fingerprint density at radius 1 is 1.45 bits per heavy atom. The zero-order chi connectivity index (χ0) is 14.8. The van der Waals surface area contributed by atoms with E-state index in [1.165, 1.54) is 6.42 Å². The van der Waals surface area contributed by atoms with E-state index in [2.05, 4.69) is 12.2 Å². The minimum absolute atomic E-state index is 0.0575. The predicted octanol–water partition coefficient (Wildman–Crippen LogP) is 3.43. The third kappa shape index (κ3) is 3.61. The number of thiophene rings is 1. The molecule has 2 rings (SSSR count). The average molecular weight is 295 g/mol. The molecular weight excluding hydrogens is 270 g/mol. The van der Waals surface area contributed by atoms with Crippen LogP contribution in [0, 0.1) is 19.8 Å². The zero-order valence-electron chi connectivity index (χ0n) is 12.7. The number of aryl methyl sites for hydroxylation is 2. The van der Waals surface area contributed by atoms with E-state index in [1.54, 1.807) is 11.3 Å². The van der Waals surface area contributed by atoms with Gasteiger partial charge in [-0.15, -0.1) is 11.3 Å². The van der Waals surface area contributed by atoms with Crippen LogP contribution in [0.2, 0.25) is 0 Å². The van der Waals surface area contributed by atoms with E-state index in [1.807, 2.05) is 19.9 Å². The number of carbonyl (C=O) groups excluding carboxylic acids is 1. The van der Waals surface area contributed by atoms with Crippen molar-refractivity contribution in [2.75, 3.05) is 6.54 Å². The lowest BCUT2D eigenvalue weighted by molar-refractivity contribution is -0.00786. The van der Waals surface area contributed by atoms with Crippen molar-refractivity contribution in [3.63, 3.8) is 0 Å². The molecule has 1 fully saturated rings. The van der Waals surface area contributed by atoms with Crippen molar-refractivity contribution in [3.05, 3.63) is 21.4 Å². The van der Waals surface area contributed by atoms with Crippen LogP contribution in [0.25, 0.3) is 0 Å². The molecule has 4 heteroatoms. The lowest BCUT2D eigenvalue weighted by Crippen LogP contribution is -2.45. The summed E-state index contributed by atoms with van der Waals surface area (Å²) in [5, 5.41) is 13.5. The first-order valence-corrected chi connectivity index (χ1v) is 8.33. The Morgan fingerprint density at radius 2 is 2.10 bits per heavy atom. The van der Waals surface area contributed by atoms with Crippen LogP contribution in [0.3, 0.4) is 0 Å². The summed E-state index contributed by atoms with van der Waals surface area (Å²) in [4.78, 5) is 14.4. The molecule has 0 aliphatic heterocycles. The van der Waals surface area contributed by atoms with Crippen LogP contribution in [-0.4, -0.2) is 23.2 Å². The molecule has 1 heterocycles. The van der Waals surface area contributed by atoms with Crippen molar-refractivity contribution < 1.29 is 9.90 Å². The molecule has 1 aromatic rings. The number of nitrogens with one attached hydrogen (secondary N) is 1. The summed E-state index contributed by atoms with van der Waals surface area (Å²) in [6.07, 6.45) is 4.93. The number of amides is 1. The largest absolute Gasteiger partial charge is 0.388 e. The van der Waals surface area contributed by atoms with Gasteiger partial charge >= 0.3 is 0 Å². The van der Waals surface area contributed by atoms with Gasteiger partial charge in [-0.3, -0.25) is 4.79 Å². The summed E-state index contributed by atoms with van der Waals surface area (Å²) in [6.45, 7) is 6.55. The lowest BCUT2D eigenvalue weighted by atomic mass is 9.78. The van der Waals surface area contributed by atoms with Crippen LogP contribution in [0.4, 0.5) is 0 Å². The van der Waals surface area contributed by atoms with Crippen LogP contribution in [0.15, 0.2) is 6.07 Å². The van der Waals surface area contributed by atoms with Crippen LogP contribution < -0.4 is 5.32 Å². The molecule has 1 aliphatic rings. The molecule has 0 saturated heterocycles. The van der Waals surface area contributed by atoms with Crippen molar-refractivity contribution in [2.45, 2.75) is 58.5 Å². The number of hydrogen-bond acceptors (Lipinski definition) is 3. The van der Waals surface area contributed by atoms with Crippen LogP contribution >= 0.6 is 11.3 Å². The molecule has 2 N–H and O–H groups in total. The van der Waals surface area contributed by atoms with Crippen molar-refractivity contribution in [3.8, 4) is 0 Å². The summed E-state index contributed by atoms with van der Waals surface area (Å²) in [6, 6.07) is 1.92. The molecule has 0 aromatic carbocycles. The fraction of sp³-hybridized carbons (Fsp3) is 0.688. The smallest absolute Gasteiger partial charge is 0.252 e. The Hall–Kier alpha value is -0.870. The van der Waals surface area contributed by atoms with Crippen LogP contribution in [-0.2, 0) is 0 Å². The van der Waals surface area contributed by atoms with Gasteiger partial charge in [0.2, 0.25) is 0 Å². The van der Waals surface area contributed by atoms with E-state index in [0.717, 1.165) is 46.9 Å². The van der Waals surface area contributed by atoms with Crippen molar-refractivity contribution in [1.29, 1.82) is 0 Å².